The largest absolute Gasteiger partial charge is 0.503 e. The topological polar surface area (TPSA) is 70.8 Å². The monoisotopic (exact) mass is 399 g/mol. The van der Waals surface area contributed by atoms with Gasteiger partial charge in [-0.15, -0.1) is 11.3 Å². The molecule has 0 radical (unpaired) electrons. The van der Waals surface area contributed by atoms with Crippen LogP contribution in [-0.4, -0.2) is 21.7 Å². The number of furan rings is 1. The molecule has 1 N–H and O–H groups in total. The van der Waals surface area contributed by atoms with Crippen LogP contribution in [0.25, 0.3) is 0 Å². The smallest absolute Gasteiger partial charge is 0.290 e. The van der Waals surface area contributed by atoms with E-state index in [2.05, 4.69) is 0 Å². The van der Waals surface area contributed by atoms with E-state index in [0.29, 0.717) is 21.2 Å². The van der Waals surface area contributed by atoms with Gasteiger partial charge in [0.2, 0.25) is 5.78 Å². The van der Waals surface area contributed by atoms with Crippen LogP contribution in [0.5, 0.6) is 0 Å². The van der Waals surface area contributed by atoms with Gasteiger partial charge in [-0.1, -0.05) is 35.9 Å². The number of carbonyl (C=O) groups excluding carboxylic acids is 2. The summed E-state index contributed by atoms with van der Waals surface area (Å²) in [5.74, 6) is -1.03. The van der Waals surface area contributed by atoms with Crippen molar-refractivity contribution < 1.29 is 19.1 Å². The number of carbonyl (C=O) groups is 2. The van der Waals surface area contributed by atoms with E-state index in [9.17, 15) is 14.7 Å². The third kappa shape index (κ3) is 3.07. The second-order valence-electron chi connectivity index (χ2n) is 6.01. The average Bonchev–Trinajstić information content (AvgIpc) is 3.40. The van der Waals surface area contributed by atoms with E-state index >= 15 is 0 Å². The zero-order valence-corrected chi connectivity index (χ0v) is 15.5. The molecule has 1 unspecified atom stereocenters. The van der Waals surface area contributed by atoms with Crippen molar-refractivity contribution in [1.29, 1.82) is 0 Å². The van der Waals surface area contributed by atoms with E-state index in [1.807, 2.05) is 0 Å². The van der Waals surface area contributed by atoms with Gasteiger partial charge in [-0.25, -0.2) is 0 Å². The third-order valence-corrected chi connectivity index (χ3v) is 5.61. The fraction of sp³-hybridized carbons (Fsp3) is 0.100. The minimum absolute atomic E-state index is 0.0297. The lowest BCUT2D eigenvalue weighted by molar-refractivity contribution is -0.130. The number of ketones is 1. The first-order valence-corrected chi connectivity index (χ1v) is 9.43. The zero-order valence-electron chi connectivity index (χ0n) is 14.0. The SMILES string of the molecule is O=C(C1=C(O)C(=O)N(Cc2ccco2)C1c1ccccc1Cl)c1cccs1. The molecule has 1 aromatic carbocycles. The molecule has 7 heteroatoms. The fourth-order valence-electron chi connectivity index (χ4n) is 3.18. The average molecular weight is 400 g/mol. The maximum Gasteiger partial charge on any atom is 0.290 e. The number of Topliss-reactive ketones (excluding diaryl/α,β-unsaturated/α-hetero) is 1. The van der Waals surface area contributed by atoms with Crippen LogP contribution in [-0.2, 0) is 11.3 Å². The summed E-state index contributed by atoms with van der Waals surface area (Å²) in [5, 5.41) is 12.7. The summed E-state index contributed by atoms with van der Waals surface area (Å²) in [5.41, 5.74) is 0.602. The summed E-state index contributed by atoms with van der Waals surface area (Å²) in [7, 11) is 0. The number of thiophene rings is 1. The molecule has 0 bridgehead atoms. The molecule has 0 saturated carbocycles. The van der Waals surface area contributed by atoms with Gasteiger partial charge < -0.3 is 14.4 Å². The van der Waals surface area contributed by atoms with E-state index < -0.39 is 17.7 Å². The number of benzene rings is 1. The zero-order chi connectivity index (χ0) is 19.0. The molecule has 5 nitrogen and oxygen atoms in total. The van der Waals surface area contributed by atoms with Gasteiger partial charge in [0.15, 0.2) is 5.76 Å². The Kier molecular flexibility index (Phi) is 4.59. The Labute approximate surface area is 164 Å². The van der Waals surface area contributed by atoms with Crippen LogP contribution in [0.3, 0.4) is 0 Å². The van der Waals surface area contributed by atoms with Gasteiger partial charge in [0.25, 0.3) is 5.91 Å². The lowest BCUT2D eigenvalue weighted by Gasteiger charge is -2.26. The van der Waals surface area contributed by atoms with Gasteiger partial charge in [-0.05, 0) is 35.2 Å². The number of aliphatic hydroxyl groups is 1. The molecule has 4 rings (SSSR count). The maximum atomic E-state index is 13.1. The van der Waals surface area contributed by atoms with Crippen molar-refractivity contribution in [3.05, 3.63) is 92.7 Å². The van der Waals surface area contributed by atoms with Crippen molar-refractivity contribution >= 4 is 34.6 Å². The summed E-state index contributed by atoms with van der Waals surface area (Å²) in [6.45, 7) is 0.104. The normalized spacial score (nSPS) is 17.0. The summed E-state index contributed by atoms with van der Waals surface area (Å²) in [6, 6.07) is 13.0. The maximum absolute atomic E-state index is 13.1. The lowest BCUT2D eigenvalue weighted by atomic mass is 9.95. The second-order valence-corrected chi connectivity index (χ2v) is 7.36. The molecular weight excluding hydrogens is 386 g/mol. The van der Waals surface area contributed by atoms with E-state index in [1.54, 1.807) is 53.9 Å². The van der Waals surface area contributed by atoms with Gasteiger partial charge in [-0.3, -0.25) is 9.59 Å². The number of nitrogens with zero attached hydrogens (tertiary/aromatic N) is 1. The number of rotatable bonds is 5. The summed E-state index contributed by atoms with van der Waals surface area (Å²) in [6.07, 6.45) is 1.51. The first-order chi connectivity index (χ1) is 13.1. The molecule has 3 heterocycles. The summed E-state index contributed by atoms with van der Waals surface area (Å²) < 4.78 is 5.35. The van der Waals surface area contributed by atoms with Gasteiger partial charge in [0, 0.05) is 5.02 Å². The summed E-state index contributed by atoms with van der Waals surface area (Å²) in [4.78, 5) is 27.7. The molecule has 27 heavy (non-hydrogen) atoms. The molecule has 2 aromatic heterocycles. The molecule has 0 fully saturated rings. The van der Waals surface area contributed by atoms with Crippen molar-refractivity contribution in [2.24, 2.45) is 0 Å². The Balaban J connectivity index is 1.83. The quantitative estimate of drug-likeness (QED) is 0.627. The Bertz CT molecular complexity index is 1020. The van der Waals surface area contributed by atoms with Crippen LogP contribution < -0.4 is 0 Å². The predicted octanol–water partition coefficient (Wildman–Crippen LogP) is 4.77. The highest BCUT2D eigenvalue weighted by Gasteiger charge is 2.44. The highest BCUT2D eigenvalue weighted by atomic mass is 35.5. The van der Waals surface area contributed by atoms with Crippen LogP contribution in [0, 0.1) is 0 Å². The lowest BCUT2D eigenvalue weighted by Crippen LogP contribution is -2.30. The Hall–Kier alpha value is -2.83. The highest BCUT2D eigenvalue weighted by Crippen LogP contribution is 2.42. The van der Waals surface area contributed by atoms with Gasteiger partial charge >= 0.3 is 0 Å². The molecule has 1 atom stereocenters. The van der Waals surface area contributed by atoms with Crippen molar-refractivity contribution in [1.82, 2.24) is 4.90 Å². The molecule has 3 aromatic rings. The number of aliphatic hydroxyl groups excluding tert-OH is 1. The molecule has 136 valence electrons. The second kappa shape index (κ2) is 7.06. The molecule has 0 saturated heterocycles. The molecule has 1 amide bonds. The molecule has 1 aliphatic rings. The first-order valence-electron chi connectivity index (χ1n) is 8.17. The standard InChI is InChI=1S/C20H14ClNO4S/c21-14-7-2-1-6-13(14)17-16(18(23)15-8-4-10-27-15)19(24)20(25)22(17)11-12-5-3-9-26-12/h1-10,17,24H,11H2. The van der Waals surface area contributed by atoms with Crippen molar-refractivity contribution in [3.63, 3.8) is 0 Å². The van der Waals surface area contributed by atoms with Crippen molar-refractivity contribution in [2.75, 3.05) is 0 Å². The van der Waals surface area contributed by atoms with E-state index in [-0.39, 0.29) is 17.9 Å². The number of halogens is 1. The van der Waals surface area contributed by atoms with Gasteiger partial charge in [0.05, 0.1) is 29.3 Å². The van der Waals surface area contributed by atoms with Crippen LogP contribution in [0.4, 0.5) is 0 Å². The number of amides is 1. The van der Waals surface area contributed by atoms with Crippen LogP contribution in [0.2, 0.25) is 5.02 Å². The molecule has 0 aliphatic carbocycles. The van der Waals surface area contributed by atoms with Crippen molar-refractivity contribution in [2.45, 2.75) is 12.6 Å². The van der Waals surface area contributed by atoms with E-state index in [4.69, 9.17) is 16.0 Å². The summed E-state index contributed by atoms with van der Waals surface area (Å²) >= 11 is 7.62. The number of hydrogen-bond donors (Lipinski definition) is 1. The van der Waals surface area contributed by atoms with Crippen LogP contribution in [0.1, 0.15) is 27.0 Å². The first kappa shape index (κ1) is 17.6. The van der Waals surface area contributed by atoms with E-state index in [1.165, 1.54) is 22.5 Å². The van der Waals surface area contributed by atoms with Crippen LogP contribution in [0.15, 0.2) is 75.9 Å². The number of hydrogen-bond acceptors (Lipinski definition) is 5. The van der Waals surface area contributed by atoms with Gasteiger partial charge in [0.1, 0.15) is 5.76 Å². The Morgan fingerprint density at radius 3 is 2.67 bits per heavy atom. The molecule has 0 spiro atoms. The van der Waals surface area contributed by atoms with Gasteiger partial charge in [-0.2, -0.15) is 0 Å². The Morgan fingerprint density at radius 2 is 2.00 bits per heavy atom. The fourth-order valence-corrected chi connectivity index (χ4v) is 4.10. The third-order valence-electron chi connectivity index (χ3n) is 4.40. The van der Waals surface area contributed by atoms with E-state index in [0.717, 1.165) is 0 Å². The molecule has 1 aliphatic heterocycles. The minimum Gasteiger partial charge on any atom is -0.503 e. The highest BCUT2D eigenvalue weighted by molar-refractivity contribution is 7.12. The minimum atomic E-state index is -0.800. The van der Waals surface area contributed by atoms with Crippen molar-refractivity contribution in [3.8, 4) is 0 Å². The Morgan fingerprint density at radius 1 is 1.19 bits per heavy atom. The predicted molar refractivity (Wildman–Crippen MR) is 102 cm³/mol. The molecular formula is C20H14ClNO4S. The van der Waals surface area contributed by atoms with Crippen LogP contribution >= 0.6 is 22.9 Å².